The summed E-state index contributed by atoms with van der Waals surface area (Å²) in [5.41, 5.74) is 1.99. The first kappa shape index (κ1) is 23.5. The maximum absolute atomic E-state index is 12.9. The zero-order valence-corrected chi connectivity index (χ0v) is 19.9. The number of nitriles is 1. The Morgan fingerprint density at radius 2 is 2.00 bits per heavy atom. The Balaban J connectivity index is 1.78. The van der Waals surface area contributed by atoms with Gasteiger partial charge in [-0.2, -0.15) is 9.57 Å². The molecule has 1 amide bonds. The van der Waals surface area contributed by atoms with Crippen LogP contribution in [0.4, 0.5) is 5.00 Å². The second kappa shape index (κ2) is 9.94. The van der Waals surface area contributed by atoms with Crippen LogP contribution in [-0.4, -0.2) is 31.7 Å². The Labute approximate surface area is 188 Å². The number of sulfonamides is 1. The van der Waals surface area contributed by atoms with Gasteiger partial charge in [0.2, 0.25) is 10.0 Å². The van der Waals surface area contributed by atoms with E-state index in [0.29, 0.717) is 35.1 Å². The summed E-state index contributed by atoms with van der Waals surface area (Å²) in [4.78, 5) is 14.1. The van der Waals surface area contributed by atoms with E-state index in [-0.39, 0.29) is 10.8 Å². The number of anilines is 1. The second-order valence-corrected chi connectivity index (χ2v) is 11.0. The molecule has 1 N–H and O–H groups in total. The monoisotopic (exact) mass is 459 g/mol. The van der Waals surface area contributed by atoms with E-state index in [9.17, 15) is 18.5 Å². The minimum atomic E-state index is -3.58. The van der Waals surface area contributed by atoms with Gasteiger partial charge in [0, 0.05) is 23.5 Å². The van der Waals surface area contributed by atoms with E-state index in [1.54, 1.807) is 0 Å². The summed E-state index contributed by atoms with van der Waals surface area (Å²) in [6, 6.07) is 8.26. The Morgan fingerprint density at radius 3 is 2.61 bits per heavy atom. The summed E-state index contributed by atoms with van der Waals surface area (Å²) >= 11 is 1.48. The van der Waals surface area contributed by atoms with E-state index < -0.39 is 10.0 Å². The van der Waals surface area contributed by atoms with Crippen molar-refractivity contribution in [3.05, 3.63) is 45.8 Å². The maximum atomic E-state index is 12.9. The third-order valence-corrected chi connectivity index (χ3v) is 8.88. The fourth-order valence-electron chi connectivity index (χ4n) is 3.84. The summed E-state index contributed by atoms with van der Waals surface area (Å²) in [6.45, 7) is 6.93. The van der Waals surface area contributed by atoms with Crippen LogP contribution in [0.15, 0.2) is 29.2 Å². The molecule has 0 unspecified atom stereocenters. The Kier molecular flexibility index (Phi) is 7.52. The first-order valence-corrected chi connectivity index (χ1v) is 13.0. The van der Waals surface area contributed by atoms with Crippen LogP contribution >= 0.6 is 11.3 Å². The number of fused-ring (bicyclic) bond motifs is 1. The average molecular weight is 460 g/mol. The number of benzene rings is 1. The number of unbranched alkanes of at least 4 members (excludes halogenated alkanes) is 1. The first-order valence-electron chi connectivity index (χ1n) is 10.8. The van der Waals surface area contributed by atoms with Gasteiger partial charge in [0.05, 0.1) is 10.5 Å². The normalized spacial score (nSPS) is 16.0. The van der Waals surface area contributed by atoms with Gasteiger partial charge in [0.25, 0.3) is 5.91 Å². The molecule has 1 aliphatic rings. The van der Waals surface area contributed by atoms with Crippen LogP contribution < -0.4 is 5.32 Å². The van der Waals surface area contributed by atoms with Gasteiger partial charge >= 0.3 is 0 Å². The predicted molar refractivity (Wildman–Crippen MR) is 124 cm³/mol. The van der Waals surface area contributed by atoms with Gasteiger partial charge in [-0.3, -0.25) is 4.79 Å². The molecule has 0 aliphatic heterocycles. The van der Waals surface area contributed by atoms with Gasteiger partial charge in [-0.15, -0.1) is 11.3 Å². The van der Waals surface area contributed by atoms with Crippen molar-refractivity contribution in [1.82, 2.24) is 4.31 Å². The third kappa shape index (κ3) is 5.00. The van der Waals surface area contributed by atoms with Gasteiger partial charge in [-0.05, 0) is 61.4 Å². The van der Waals surface area contributed by atoms with E-state index in [1.807, 2.05) is 13.8 Å². The number of nitrogens with zero attached hydrogens (tertiary/aromatic N) is 2. The number of hydrogen-bond donors (Lipinski definition) is 1. The number of rotatable bonds is 8. The zero-order chi connectivity index (χ0) is 22.6. The highest BCUT2D eigenvalue weighted by atomic mass is 32.2. The summed E-state index contributed by atoms with van der Waals surface area (Å²) in [5.74, 6) is 0.237. The van der Waals surface area contributed by atoms with Crippen molar-refractivity contribution in [2.24, 2.45) is 5.92 Å². The average Bonchev–Trinajstić information content (AvgIpc) is 3.09. The number of nitrogens with one attached hydrogen (secondary N) is 1. The first-order chi connectivity index (χ1) is 14.8. The van der Waals surface area contributed by atoms with Crippen molar-refractivity contribution in [1.29, 1.82) is 5.26 Å². The third-order valence-electron chi connectivity index (χ3n) is 5.72. The SMILES string of the molecule is CCCCN(CC)S(=O)(=O)c1ccc(C(=O)Nc2sc3c(c2C#N)CC[C@H](C)C3)cc1. The molecule has 1 aromatic heterocycles. The molecule has 0 saturated carbocycles. The van der Waals surface area contributed by atoms with Crippen LogP contribution in [0.5, 0.6) is 0 Å². The molecule has 6 nitrogen and oxygen atoms in total. The van der Waals surface area contributed by atoms with E-state index >= 15 is 0 Å². The van der Waals surface area contributed by atoms with Crippen molar-refractivity contribution in [3.8, 4) is 6.07 Å². The Hall–Kier alpha value is -2.21. The smallest absolute Gasteiger partial charge is 0.256 e. The van der Waals surface area contributed by atoms with Crippen molar-refractivity contribution < 1.29 is 13.2 Å². The molecule has 0 saturated heterocycles. The van der Waals surface area contributed by atoms with Crippen molar-refractivity contribution in [2.75, 3.05) is 18.4 Å². The highest BCUT2D eigenvalue weighted by Crippen LogP contribution is 2.39. The van der Waals surface area contributed by atoms with Crippen LogP contribution in [0.3, 0.4) is 0 Å². The molecular formula is C23H29N3O3S2. The van der Waals surface area contributed by atoms with E-state index in [4.69, 9.17) is 0 Å². The standard InChI is InChI=1S/C23H29N3O3S2/c1-4-6-13-26(5-2)31(28,29)18-10-8-17(9-11-18)22(27)25-23-20(15-24)19-12-7-16(3)14-21(19)30-23/h8-11,16H,4-7,12-14H2,1-3H3,(H,25,27)/t16-/m0/s1. The lowest BCUT2D eigenvalue weighted by atomic mass is 9.88. The Morgan fingerprint density at radius 1 is 1.29 bits per heavy atom. The number of amides is 1. The number of carbonyl (C=O) groups is 1. The van der Waals surface area contributed by atoms with Crippen molar-refractivity contribution >= 4 is 32.3 Å². The van der Waals surface area contributed by atoms with Gasteiger partial charge in [0.1, 0.15) is 11.1 Å². The predicted octanol–water partition coefficient (Wildman–Crippen LogP) is 4.81. The highest BCUT2D eigenvalue weighted by Gasteiger charge is 2.26. The molecule has 31 heavy (non-hydrogen) atoms. The summed E-state index contributed by atoms with van der Waals surface area (Å²) in [5, 5.41) is 13.1. The molecule has 166 valence electrons. The van der Waals surface area contributed by atoms with Gasteiger partial charge in [-0.25, -0.2) is 8.42 Å². The van der Waals surface area contributed by atoms with Gasteiger partial charge in [0.15, 0.2) is 0 Å². The van der Waals surface area contributed by atoms with E-state index in [0.717, 1.165) is 37.7 Å². The lowest BCUT2D eigenvalue weighted by Gasteiger charge is -2.20. The molecule has 0 fully saturated rings. The van der Waals surface area contributed by atoms with Crippen LogP contribution in [0.1, 0.15) is 66.4 Å². The minimum Gasteiger partial charge on any atom is -0.312 e. The maximum Gasteiger partial charge on any atom is 0.256 e. The molecule has 1 aliphatic carbocycles. The molecule has 1 atom stereocenters. The number of thiophene rings is 1. The molecule has 1 heterocycles. The van der Waals surface area contributed by atoms with Crippen molar-refractivity contribution in [3.63, 3.8) is 0 Å². The minimum absolute atomic E-state index is 0.181. The fourth-order valence-corrected chi connectivity index (χ4v) is 6.69. The summed E-state index contributed by atoms with van der Waals surface area (Å²) < 4.78 is 27.2. The molecule has 0 spiro atoms. The molecule has 0 bridgehead atoms. The highest BCUT2D eigenvalue weighted by molar-refractivity contribution is 7.89. The van der Waals surface area contributed by atoms with Crippen LogP contribution in [0.25, 0.3) is 0 Å². The van der Waals surface area contributed by atoms with Crippen LogP contribution in [0.2, 0.25) is 0 Å². The largest absolute Gasteiger partial charge is 0.312 e. The topological polar surface area (TPSA) is 90.3 Å². The fraction of sp³-hybridized carbons (Fsp3) is 0.478. The lowest BCUT2D eigenvalue weighted by Crippen LogP contribution is -2.31. The quantitative estimate of drug-likeness (QED) is 0.613. The van der Waals surface area contributed by atoms with Gasteiger partial charge in [-0.1, -0.05) is 27.2 Å². The zero-order valence-electron chi connectivity index (χ0n) is 18.3. The Bertz CT molecular complexity index is 1080. The molecule has 0 radical (unpaired) electrons. The van der Waals surface area contributed by atoms with Crippen molar-refractivity contribution in [2.45, 2.75) is 57.8 Å². The molecule has 8 heteroatoms. The molecule has 2 aromatic rings. The molecule has 3 rings (SSSR count). The molecular weight excluding hydrogens is 430 g/mol. The second-order valence-electron chi connectivity index (χ2n) is 8.00. The molecule has 1 aromatic carbocycles. The number of hydrogen-bond acceptors (Lipinski definition) is 5. The van der Waals surface area contributed by atoms with Crippen LogP contribution in [0, 0.1) is 17.2 Å². The number of carbonyl (C=O) groups excluding carboxylic acids is 1. The van der Waals surface area contributed by atoms with Gasteiger partial charge < -0.3 is 5.32 Å². The summed E-state index contributed by atoms with van der Waals surface area (Å²) in [6.07, 6.45) is 4.57. The lowest BCUT2D eigenvalue weighted by molar-refractivity contribution is 0.102. The van der Waals surface area contributed by atoms with Crippen LogP contribution in [-0.2, 0) is 22.9 Å². The van der Waals surface area contributed by atoms with E-state index in [2.05, 4.69) is 18.3 Å². The summed E-state index contributed by atoms with van der Waals surface area (Å²) in [7, 11) is -3.58. The van der Waals surface area contributed by atoms with E-state index in [1.165, 1.54) is 44.8 Å².